The van der Waals surface area contributed by atoms with Crippen LogP contribution in [0.2, 0.25) is 0 Å². The number of nitrogens with one attached hydrogen (secondary N) is 1. The van der Waals surface area contributed by atoms with Crippen molar-refractivity contribution in [3.63, 3.8) is 0 Å². The number of hydrogen-bond acceptors (Lipinski definition) is 8. The molecule has 4 N–H and O–H groups in total. The minimum absolute atomic E-state index is 0.139. The molecule has 1 fully saturated rings. The average molecular weight is 534 g/mol. The van der Waals surface area contributed by atoms with Crippen molar-refractivity contribution in [3.05, 3.63) is 59.9 Å². The third-order valence-corrected chi connectivity index (χ3v) is 6.81. The quantitative estimate of drug-likeness (QED) is 0.230. The Morgan fingerprint density at radius 1 is 1.05 bits per heavy atom. The van der Waals surface area contributed by atoms with Gasteiger partial charge in [0.05, 0.1) is 6.61 Å². The highest BCUT2D eigenvalue weighted by Crippen LogP contribution is 2.29. The van der Waals surface area contributed by atoms with Crippen LogP contribution < -0.4 is 10.2 Å². The van der Waals surface area contributed by atoms with Gasteiger partial charge in [0.15, 0.2) is 0 Å². The van der Waals surface area contributed by atoms with Crippen LogP contribution in [0.15, 0.2) is 58.5 Å². The first kappa shape index (κ1) is 28.3. The molecule has 9 heteroatoms. The number of aliphatic hydroxyl groups is 3. The van der Waals surface area contributed by atoms with Crippen LogP contribution in [-0.4, -0.2) is 71.9 Å². The van der Waals surface area contributed by atoms with Crippen molar-refractivity contribution < 1.29 is 29.3 Å². The zero-order valence-electron chi connectivity index (χ0n) is 22.2. The molecule has 0 bridgehead atoms. The van der Waals surface area contributed by atoms with Crippen LogP contribution in [0, 0.1) is 11.3 Å². The Balaban J connectivity index is 1.45. The first-order valence-corrected chi connectivity index (χ1v) is 13.3. The van der Waals surface area contributed by atoms with Crippen molar-refractivity contribution in [2.75, 3.05) is 31.1 Å². The van der Waals surface area contributed by atoms with Gasteiger partial charge in [0.2, 0.25) is 0 Å². The van der Waals surface area contributed by atoms with Gasteiger partial charge in [-0.1, -0.05) is 32.0 Å². The van der Waals surface area contributed by atoms with E-state index in [1.54, 1.807) is 12.1 Å². The summed E-state index contributed by atoms with van der Waals surface area (Å²) >= 11 is 0. The van der Waals surface area contributed by atoms with E-state index in [1.165, 1.54) is 11.8 Å². The molecule has 1 saturated heterocycles. The van der Waals surface area contributed by atoms with Gasteiger partial charge in [-0.15, -0.1) is 0 Å². The Morgan fingerprint density at radius 2 is 1.77 bits per heavy atom. The fraction of sp³-hybridized carbons (Fsp3) is 0.400. The summed E-state index contributed by atoms with van der Waals surface area (Å²) in [6.07, 6.45) is -1.31. The summed E-state index contributed by atoms with van der Waals surface area (Å²) in [6, 6.07) is 17.9. The highest BCUT2D eigenvalue weighted by molar-refractivity contribution is 6.01. The lowest BCUT2D eigenvalue weighted by Gasteiger charge is -2.35. The van der Waals surface area contributed by atoms with E-state index in [4.69, 9.17) is 9.15 Å². The number of ether oxygens (including phenoxy) is 1. The lowest BCUT2D eigenvalue weighted by Crippen LogP contribution is -2.56. The van der Waals surface area contributed by atoms with E-state index in [0.717, 1.165) is 42.3 Å². The number of furan rings is 1. The van der Waals surface area contributed by atoms with Gasteiger partial charge < -0.3 is 34.7 Å². The maximum Gasteiger partial charge on any atom is 0.262 e. The van der Waals surface area contributed by atoms with Crippen molar-refractivity contribution in [1.29, 1.82) is 5.26 Å². The van der Waals surface area contributed by atoms with Gasteiger partial charge in [-0.05, 0) is 53.9 Å². The van der Waals surface area contributed by atoms with Crippen LogP contribution in [0.1, 0.15) is 32.4 Å². The first-order valence-electron chi connectivity index (χ1n) is 13.3. The molecule has 206 valence electrons. The molecule has 4 atom stereocenters. The van der Waals surface area contributed by atoms with Gasteiger partial charge in [-0.25, -0.2) is 0 Å². The molecular formula is C30H35N3O6. The number of carbonyl (C=O) groups is 1. The monoisotopic (exact) mass is 533 g/mol. The lowest BCUT2D eigenvalue weighted by atomic mass is 10.00. The standard InChI is InChI=1S/C30H35N3O6/c1-3-11-33(12-4-2)23-8-7-19-13-21(6-5-20(19)14-23)26-10-9-24(39-26)15-22(16-31)30(37)32-17-27-29(36)28(35)25(34)18-38-27/h5-10,13-15,25,27-29,34-36H,3-4,11-12,17-18H2,1-2H3,(H,32,37)/b22-15+/t25-,27+,28+,29+/m0/s1. The van der Waals surface area contributed by atoms with Crippen LogP contribution in [0.3, 0.4) is 0 Å². The van der Waals surface area contributed by atoms with Crippen molar-refractivity contribution in [2.45, 2.75) is 51.1 Å². The third-order valence-electron chi connectivity index (χ3n) is 6.81. The first-order chi connectivity index (χ1) is 18.8. The number of hydrogen-bond donors (Lipinski definition) is 4. The number of carbonyl (C=O) groups excluding carboxylic acids is 1. The highest BCUT2D eigenvalue weighted by atomic mass is 16.5. The van der Waals surface area contributed by atoms with Gasteiger partial charge in [0.25, 0.3) is 5.91 Å². The van der Waals surface area contributed by atoms with Gasteiger partial charge >= 0.3 is 0 Å². The summed E-state index contributed by atoms with van der Waals surface area (Å²) in [5, 5.41) is 43.6. The minimum Gasteiger partial charge on any atom is -0.457 e. The Morgan fingerprint density at radius 3 is 2.49 bits per heavy atom. The van der Waals surface area contributed by atoms with E-state index < -0.39 is 30.3 Å². The van der Waals surface area contributed by atoms with E-state index >= 15 is 0 Å². The Labute approximate surface area is 227 Å². The molecule has 0 unspecified atom stereocenters. The molecule has 1 aliphatic heterocycles. The highest BCUT2D eigenvalue weighted by Gasteiger charge is 2.37. The largest absolute Gasteiger partial charge is 0.457 e. The predicted octanol–water partition coefficient (Wildman–Crippen LogP) is 3.23. The van der Waals surface area contributed by atoms with E-state index in [0.29, 0.717) is 11.5 Å². The number of aliphatic hydroxyl groups excluding tert-OH is 3. The normalized spacial score (nSPS) is 21.5. The molecule has 4 rings (SSSR count). The molecule has 1 aliphatic rings. The fourth-order valence-electron chi connectivity index (χ4n) is 4.70. The maximum atomic E-state index is 12.6. The van der Waals surface area contributed by atoms with Crippen molar-refractivity contribution in [1.82, 2.24) is 5.32 Å². The van der Waals surface area contributed by atoms with Crippen LogP contribution in [0.25, 0.3) is 28.2 Å². The van der Waals surface area contributed by atoms with Crippen LogP contribution >= 0.6 is 0 Å². The van der Waals surface area contributed by atoms with Gasteiger partial charge in [-0.3, -0.25) is 4.79 Å². The summed E-state index contributed by atoms with van der Waals surface area (Å²) in [6.45, 7) is 6.11. The zero-order valence-corrected chi connectivity index (χ0v) is 22.2. The van der Waals surface area contributed by atoms with Gasteiger partial charge in [-0.2, -0.15) is 5.26 Å². The van der Waals surface area contributed by atoms with Crippen LogP contribution in [-0.2, 0) is 9.53 Å². The molecule has 0 aliphatic carbocycles. The summed E-state index contributed by atoms with van der Waals surface area (Å²) in [5.74, 6) is 0.276. The van der Waals surface area contributed by atoms with Gasteiger partial charge in [0, 0.05) is 37.0 Å². The number of anilines is 1. The molecular weight excluding hydrogens is 498 g/mol. The van der Waals surface area contributed by atoms with E-state index in [-0.39, 0.29) is 18.7 Å². The molecule has 0 saturated carbocycles. The molecule has 0 radical (unpaired) electrons. The average Bonchev–Trinajstić information content (AvgIpc) is 3.42. The smallest absolute Gasteiger partial charge is 0.262 e. The fourth-order valence-corrected chi connectivity index (χ4v) is 4.70. The summed E-state index contributed by atoms with van der Waals surface area (Å²) in [7, 11) is 0. The van der Waals surface area contributed by atoms with Gasteiger partial charge in [0.1, 0.15) is 47.6 Å². The number of rotatable bonds is 10. The molecule has 2 aromatic carbocycles. The zero-order chi connectivity index (χ0) is 27.9. The van der Waals surface area contributed by atoms with Crippen molar-refractivity contribution >= 4 is 28.4 Å². The Kier molecular flexibility index (Phi) is 9.38. The number of nitrogens with zero attached hydrogens (tertiary/aromatic N) is 2. The van der Waals surface area contributed by atoms with Crippen molar-refractivity contribution in [2.24, 2.45) is 0 Å². The van der Waals surface area contributed by atoms with E-state index in [2.05, 4.69) is 48.3 Å². The number of nitriles is 1. The van der Waals surface area contributed by atoms with Crippen LogP contribution in [0.5, 0.6) is 0 Å². The summed E-state index contributed by atoms with van der Waals surface area (Å²) in [4.78, 5) is 15.0. The van der Waals surface area contributed by atoms with E-state index in [1.807, 2.05) is 18.2 Å². The predicted molar refractivity (Wildman–Crippen MR) is 149 cm³/mol. The Hall–Kier alpha value is -3.68. The molecule has 0 spiro atoms. The molecule has 39 heavy (non-hydrogen) atoms. The second kappa shape index (κ2) is 12.9. The van der Waals surface area contributed by atoms with Crippen LogP contribution in [0.4, 0.5) is 5.69 Å². The number of amides is 1. The topological polar surface area (TPSA) is 139 Å². The van der Waals surface area contributed by atoms with E-state index in [9.17, 15) is 25.4 Å². The molecule has 9 nitrogen and oxygen atoms in total. The lowest BCUT2D eigenvalue weighted by molar-refractivity contribution is -0.185. The SMILES string of the molecule is CCCN(CCC)c1ccc2cc(-c3ccc(/C=C(\C#N)C(=O)NC[C@H]4OC[C@H](O)[C@@H](O)[C@@H]4O)o3)ccc2c1. The molecule has 1 aromatic heterocycles. The second-order valence-electron chi connectivity index (χ2n) is 9.74. The van der Waals surface area contributed by atoms with Crippen molar-refractivity contribution in [3.8, 4) is 17.4 Å². The molecule has 1 amide bonds. The summed E-state index contributed by atoms with van der Waals surface area (Å²) < 4.78 is 11.2. The summed E-state index contributed by atoms with van der Waals surface area (Å²) in [5.41, 5.74) is 1.91. The third kappa shape index (κ3) is 6.67. The molecule has 2 heterocycles. The molecule has 3 aromatic rings. The number of benzene rings is 2. The second-order valence-corrected chi connectivity index (χ2v) is 9.74. The number of fused-ring (bicyclic) bond motifs is 1. The minimum atomic E-state index is -1.37. The maximum absolute atomic E-state index is 12.6. The Bertz CT molecular complexity index is 1350.